The van der Waals surface area contributed by atoms with Gasteiger partial charge in [-0.2, -0.15) is 0 Å². The van der Waals surface area contributed by atoms with Crippen LogP contribution in [0.5, 0.6) is 0 Å². The van der Waals surface area contributed by atoms with E-state index in [2.05, 4.69) is 25.1 Å². The number of fused-ring (bicyclic) bond motifs is 3. The van der Waals surface area contributed by atoms with Crippen LogP contribution in [0, 0.1) is 12.8 Å². The van der Waals surface area contributed by atoms with Crippen LogP contribution in [0.3, 0.4) is 0 Å². The van der Waals surface area contributed by atoms with E-state index >= 15 is 0 Å². The Hall–Kier alpha value is -0.860. The van der Waals surface area contributed by atoms with Crippen molar-refractivity contribution in [2.75, 3.05) is 13.4 Å². The Labute approximate surface area is 83.8 Å². The molecule has 0 radical (unpaired) electrons. The molecular weight excluding hydrogens is 176 g/mol. The number of hydrogen-bond donors (Lipinski definition) is 0. The summed E-state index contributed by atoms with van der Waals surface area (Å²) in [6, 6.07) is 6.66. The molecule has 1 saturated heterocycles. The molecular formula is C12H14O2. The largest absolute Gasteiger partial charge is 0.355 e. The van der Waals surface area contributed by atoms with E-state index in [-0.39, 0.29) is 0 Å². The van der Waals surface area contributed by atoms with Gasteiger partial charge in [-0.05, 0) is 24.5 Å². The maximum atomic E-state index is 5.66. The molecule has 2 nitrogen and oxygen atoms in total. The molecule has 2 aliphatic rings. The molecule has 1 fully saturated rings. The number of hydrogen-bond acceptors (Lipinski definition) is 2. The van der Waals surface area contributed by atoms with Gasteiger partial charge >= 0.3 is 0 Å². The van der Waals surface area contributed by atoms with Crippen LogP contribution in [0.25, 0.3) is 0 Å². The molecule has 0 unspecified atom stereocenters. The Morgan fingerprint density at radius 1 is 1.36 bits per heavy atom. The standard InChI is InChI=1S/C12H14O2/c1-8-2-3-9-5-10-6-13-7-14-12(10)11(9)4-8/h2-4,10,12H,5-7H2,1H3/t10-,12+/m1/s1. The zero-order chi connectivity index (χ0) is 9.54. The Kier molecular flexibility index (Phi) is 1.85. The van der Waals surface area contributed by atoms with Crippen molar-refractivity contribution in [3.05, 3.63) is 34.9 Å². The first-order valence-electron chi connectivity index (χ1n) is 5.13. The molecule has 0 spiro atoms. The summed E-state index contributed by atoms with van der Waals surface area (Å²) >= 11 is 0. The maximum absolute atomic E-state index is 5.66. The van der Waals surface area contributed by atoms with Crippen molar-refractivity contribution in [1.29, 1.82) is 0 Å². The second kappa shape index (κ2) is 3.07. The molecule has 3 rings (SSSR count). The average Bonchev–Trinajstić information content (AvgIpc) is 2.56. The minimum absolute atomic E-state index is 0.290. The van der Waals surface area contributed by atoms with Crippen molar-refractivity contribution >= 4 is 0 Å². The summed E-state index contributed by atoms with van der Waals surface area (Å²) in [4.78, 5) is 0. The zero-order valence-electron chi connectivity index (χ0n) is 8.32. The first kappa shape index (κ1) is 8.45. The predicted molar refractivity (Wildman–Crippen MR) is 53.0 cm³/mol. The fourth-order valence-corrected chi connectivity index (χ4v) is 2.50. The van der Waals surface area contributed by atoms with E-state index in [0.717, 1.165) is 13.0 Å². The molecule has 0 bridgehead atoms. The van der Waals surface area contributed by atoms with Crippen LogP contribution in [0.15, 0.2) is 18.2 Å². The third kappa shape index (κ3) is 1.18. The maximum Gasteiger partial charge on any atom is 0.147 e. The first-order chi connectivity index (χ1) is 6.84. The van der Waals surface area contributed by atoms with Crippen molar-refractivity contribution in [1.82, 2.24) is 0 Å². The zero-order valence-corrected chi connectivity index (χ0v) is 8.32. The molecule has 0 amide bonds. The van der Waals surface area contributed by atoms with E-state index in [9.17, 15) is 0 Å². The van der Waals surface area contributed by atoms with E-state index in [1.165, 1.54) is 16.7 Å². The molecule has 74 valence electrons. The number of ether oxygens (including phenoxy) is 2. The van der Waals surface area contributed by atoms with Crippen molar-refractivity contribution in [2.24, 2.45) is 5.92 Å². The van der Waals surface area contributed by atoms with Gasteiger partial charge in [-0.25, -0.2) is 0 Å². The molecule has 14 heavy (non-hydrogen) atoms. The van der Waals surface area contributed by atoms with Crippen LogP contribution in [0.2, 0.25) is 0 Å². The summed E-state index contributed by atoms with van der Waals surface area (Å²) in [5, 5.41) is 0. The third-order valence-corrected chi connectivity index (χ3v) is 3.18. The Morgan fingerprint density at radius 3 is 3.21 bits per heavy atom. The minimum Gasteiger partial charge on any atom is -0.355 e. The quantitative estimate of drug-likeness (QED) is 0.624. The molecule has 0 saturated carbocycles. The van der Waals surface area contributed by atoms with Gasteiger partial charge in [-0.3, -0.25) is 0 Å². The molecule has 1 heterocycles. The summed E-state index contributed by atoms with van der Waals surface area (Å²) in [7, 11) is 0. The first-order valence-corrected chi connectivity index (χ1v) is 5.13. The minimum atomic E-state index is 0.290. The van der Waals surface area contributed by atoms with Crippen molar-refractivity contribution < 1.29 is 9.47 Å². The topological polar surface area (TPSA) is 18.5 Å². The Balaban J connectivity index is 2.02. The van der Waals surface area contributed by atoms with E-state index in [4.69, 9.17) is 9.47 Å². The van der Waals surface area contributed by atoms with Gasteiger partial charge in [-0.15, -0.1) is 0 Å². The van der Waals surface area contributed by atoms with Crippen LogP contribution >= 0.6 is 0 Å². The van der Waals surface area contributed by atoms with E-state index in [0.29, 0.717) is 18.8 Å². The summed E-state index contributed by atoms with van der Waals surface area (Å²) < 4.78 is 11.0. The van der Waals surface area contributed by atoms with Gasteiger partial charge in [0, 0.05) is 5.92 Å². The lowest BCUT2D eigenvalue weighted by molar-refractivity contribution is -0.166. The third-order valence-electron chi connectivity index (χ3n) is 3.18. The van der Waals surface area contributed by atoms with Gasteiger partial charge in [0.05, 0.1) is 12.7 Å². The second-order valence-corrected chi connectivity index (χ2v) is 4.24. The normalized spacial score (nSPS) is 29.8. The van der Waals surface area contributed by atoms with Crippen molar-refractivity contribution in [2.45, 2.75) is 19.4 Å². The van der Waals surface area contributed by atoms with Crippen LogP contribution < -0.4 is 0 Å². The van der Waals surface area contributed by atoms with E-state index < -0.39 is 0 Å². The highest BCUT2D eigenvalue weighted by Gasteiger charge is 2.35. The smallest absolute Gasteiger partial charge is 0.147 e. The van der Waals surface area contributed by atoms with E-state index in [1.807, 2.05) is 0 Å². The highest BCUT2D eigenvalue weighted by atomic mass is 16.7. The van der Waals surface area contributed by atoms with Gasteiger partial charge < -0.3 is 9.47 Å². The number of aryl methyl sites for hydroxylation is 1. The molecule has 1 aromatic carbocycles. The Morgan fingerprint density at radius 2 is 2.29 bits per heavy atom. The van der Waals surface area contributed by atoms with Gasteiger partial charge in [0.2, 0.25) is 0 Å². The molecule has 1 aliphatic heterocycles. The summed E-state index contributed by atoms with van der Waals surface area (Å²) in [6.45, 7) is 3.43. The monoisotopic (exact) mass is 190 g/mol. The highest BCUT2D eigenvalue weighted by Crippen LogP contribution is 2.41. The Bertz CT molecular complexity index is 359. The van der Waals surface area contributed by atoms with Crippen molar-refractivity contribution in [3.8, 4) is 0 Å². The molecule has 1 aliphatic carbocycles. The summed E-state index contributed by atoms with van der Waals surface area (Å²) in [5.74, 6) is 0.542. The molecule has 0 aromatic heterocycles. The predicted octanol–water partition coefficient (Wildman–Crippen LogP) is 2.21. The number of benzene rings is 1. The summed E-state index contributed by atoms with van der Waals surface area (Å²) in [5.41, 5.74) is 4.15. The SMILES string of the molecule is Cc1ccc2c(c1)[C@H]1OCOC[C@H]1C2. The van der Waals surface area contributed by atoms with Crippen LogP contribution in [-0.4, -0.2) is 13.4 Å². The highest BCUT2D eigenvalue weighted by molar-refractivity contribution is 5.38. The van der Waals surface area contributed by atoms with Gasteiger partial charge in [0.25, 0.3) is 0 Å². The molecule has 2 heteroatoms. The van der Waals surface area contributed by atoms with Crippen LogP contribution in [-0.2, 0) is 15.9 Å². The van der Waals surface area contributed by atoms with Crippen molar-refractivity contribution in [3.63, 3.8) is 0 Å². The second-order valence-electron chi connectivity index (χ2n) is 4.24. The summed E-state index contributed by atoms with van der Waals surface area (Å²) in [6.07, 6.45) is 1.40. The van der Waals surface area contributed by atoms with Gasteiger partial charge in [0.15, 0.2) is 0 Å². The fourth-order valence-electron chi connectivity index (χ4n) is 2.50. The van der Waals surface area contributed by atoms with Gasteiger partial charge in [0.1, 0.15) is 6.79 Å². The lowest BCUT2D eigenvalue weighted by atomic mass is 10.0. The van der Waals surface area contributed by atoms with Crippen LogP contribution in [0.4, 0.5) is 0 Å². The average molecular weight is 190 g/mol. The van der Waals surface area contributed by atoms with Gasteiger partial charge in [-0.1, -0.05) is 23.8 Å². The molecule has 0 N–H and O–H groups in total. The number of rotatable bonds is 0. The van der Waals surface area contributed by atoms with E-state index in [1.54, 1.807) is 0 Å². The lowest BCUT2D eigenvalue weighted by Crippen LogP contribution is -2.24. The van der Waals surface area contributed by atoms with Crippen LogP contribution in [0.1, 0.15) is 22.8 Å². The molecule has 1 aromatic rings. The fraction of sp³-hybridized carbons (Fsp3) is 0.500. The molecule has 2 atom stereocenters. The lowest BCUT2D eigenvalue weighted by Gasteiger charge is -2.26.